The Morgan fingerprint density at radius 2 is 1.70 bits per heavy atom. The average molecular weight is 372 g/mol. The molecule has 0 amide bonds. The Bertz CT molecular complexity index is 616. The predicted molar refractivity (Wildman–Crippen MR) is 113 cm³/mol. The molecule has 0 aliphatic heterocycles. The maximum Gasteiger partial charge on any atom is 0.118 e. The Morgan fingerprint density at radius 1 is 1.04 bits per heavy atom. The molecule has 1 aromatic rings. The molecule has 0 aromatic heterocycles. The highest BCUT2D eigenvalue weighted by Gasteiger charge is 2.47. The Balaban J connectivity index is 1.99. The van der Waals surface area contributed by atoms with Crippen LogP contribution in [0.1, 0.15) is 63.4 Å². The van der Waals surface area contributed by atoms with E-state index >= 15 is 0 Å². The minimum Gasteiger partial charge on any atom is -0.497 e. The molecule has 0 radical (unpaired) electrons. The lowest BCUT2D eigenvalue weighted by Crippen LogP contribution is -2.50. The highest BCUT2D eigenvalue weighted by Crippen LogP contribution is 2.47. The molecule has 2 aliphatic rings. The Hall–Kier alpha value is -1.32. The smallest absolute Gasteiger partial charge is 0.118 e. The summed E-state index contributed by atoms with van der Waals surface area (Å²) in [6.45, 7) is 0.965. The van der Waals surface area contributed by atoms with Crippen LogP contribution in [-0.4, -0.2) is 43.4 Å². The van der Waals surface area contributed by atoms with Crippen molar-refractivity contribution in [3.05, 3.63) is 35.4 Å². The number of hydrogen-bond acceptors (Lipinski definition) is 3. The van der Waals surface area contributed by atoms with Crippen LogP contribution in [-0.2, 0) is 0 Å². The van der Waals surface area contributed by atoms with Crippen LogP contribution in [0.5, 0.6) is 5.75 Å². The lowest BCUT2D eigenvalue weighted by Gasteiger charge is -2.46. The van der Waals surface area contributed by atoms with Gasteiger partial charge in [-0.1, -0.05) is 43.9 Å². The average Bonchev–Trinajstić information content (AvgIpc) is 2.83. The summed E-state index contributed by atoms with van der Waals surface area (Å²) in [7, 11) is 5.98. The second kappa shape index (κ2) is 9.25. The van der Waals surface area contributed by atoms with Crippen molar-refractivity contribution in [2.45, 2.75) is 63.4 Å². The van der Waals surface area contributed by atoms with Crippen molar-refractivity contribution in [1.82, 2.24) is 4.90 Å². The van der Waals surface area contributed by atoms with E-state index in [2.05, 4.69) is 37.2 Å². The molecule has 2 unspecified atom stereocenters. The fourth-order valence-corrected chi connectivity index (χ4v) is 5.29. The van der Waals surface area contributed by atoms with Gasteiger partial charge in [0.25, 0.3) is 0 Å². The number of nitrogens with zero attached hydrogens (tertiary/aromatic N) is 1. The van der Waals surface area contributed by atoms with Crippen LogP contribution in [0.25, 0.3) is 6.08 Å². The summed E-state index contributed by atoms with van der Waals surface area (Å²) in [4.78, 5) is 2.26. The number of rotatable bonds is 5. The Kier molecular flexibility index (Phi) is 6.99. The molecule has 3 heteroatoms. The van der Waals surface area contributed by atoms with Gasteiger partial charge in [0, 0.05) is 12.5 Å². The summed E-state index contributed by atoms with van der Waals surface area (Å²) in [5.41, 5.74) is 1.77. The van der Waals surface area contributed by atoms with Gasteiger partial charge in [-0.05, 0) is 75.4 Å². The zero-order valence-corrected chi connectivity index (χ0v) is 17.4. The number of ether oxygens (including phenoxy) is 1. The molecule has 0 saturated heterocycles. The first-order valence-electron chi connectivity index (χ1n) is 10.8. The highest BCUT2D eigenvalue weighted by atomic mass is 16.5. The predicted octanol–water partition coefficient (Wildman–Crippen LogP) is 5.14. The van der Waals surface area contributed by atoms with Gasteiger partial charge in [0.1, 0.15) is 5.75 Å². The Labute approximate surface area is 165 Å². The fraction of sp³-hybridized carbons (Fsp3) is 0.667. The van der Waals surface area contributed by atoms with E-state index in [-0.39, 0.29) is 0 Å². The summed E-state index contributed by atoms with van der Waals surface area (Å²) in [5.74, 6) is 1.60. The molecule has 0 heterocycles. The first-order chi connectivity index (χ1) is 13.0. The van der Waals surface area contributed by atoms with Gasteiger partial charge in [0.2, 0.25) is 0 Å². The fourth-order valence-electron chi connectivity index (χ4n) is 5.29. The van der Waals surface area contributed by atoms with Gasteiger partial charge in [0.05, 0.1) is 12.7 Å². The first kappa shape index (κ1) is 20.4. The summed E-state index contributed by atoms with van der Waals surface area (Å²) >= 11 is 0. The van der Waals surface area contributed by atoms with E-state index in [1.165, 1.54) is 56.1 Å². The largest absolute Gasteiger partial charge is 0.497 e. The lowest BCUT2D eigenvalue weighted by molar-refractivity contribution is -0.0568. The van der Waals surface area contributed by atoms with Gasteiger partial charge in [-0.2, -0.15) is 0 Å². The van der Waals surface area contributed by atoms with E-state index in [1.54, 1.807) is 7.11 Å². The van der Waals surface area contributed by atoms with E-state index in [4.69, 9.17) is 4.74 Å². The summed E-state index contributed by atoms with van der Waals surface area (Å²) in [6.07, 6.45) is 13.0. The molecule has 150 valence electrons. The SMILES string of the molecule is COc1ccc(C=C2CCCCC(CN(C)C)C2(O)C2CCCCC2)cc1. The summed E-state index contributed by atoms with van der Waals surface area (Å²) < 4.78 is 5.30. The second-order valence-electron chi connectivity index (χ2n) is 8.81. The van der Waals surface area contributed by atoms with Crippen LogP contribution in [0.3, 0.4) is 0 Å². The van der Waals surface area contributed by atoms with E-state index in [9.17, 15) is 5.11 Å². The standard InChI is InChI=1S/C24H37NO2/c1-25(2)18-22-12-8-7-11-21(17-19-13-15-23(27-3)16-14-19)24(22,26)20-9-5-4-6-10-20/h13-17,20,22,26H,4-12,18H2,1-3H3. The topological polar surface area (TPSA) is 32.7 Å². The van der Waals surface area contributed by atoms with Crippen LogP contribution in [0.2, 0.25) is 0 Å². The van der Waals surface area contributed by atoms with Crippen LogP contribution in [0.15, 0.2) is 29.8 Å². The summed E-state index contributed by atoms with van der Waals surface area (Å²) in [6, 6.07) is 8.25. The van der Waals surface area contributed by atoms with Crippen LogP contribution in [0, 0.1) is 11.8 Å². The van der Waals surface area contributed by atoms with Crippen molar-refractivity contribution in [2.75, 3.05) is 27.7 Å². The zero-order valence-electron chi connectivity index (χ0n) is 17.4. The lowest BCUT2D eigenvalue weighted by atomic mass is 9.66. The van der Waals surface area contributed by atoms with Gasteiger partial charge in [-0.25, -0.2) is 0 Å². The van der Waals surface area contributed by atoms with Crippen molar-refractivity contribution in [2.24, 2.45) is 11.8 Å². The number of methoxy groups -OCH3 is 1. The van der Waals surface area contributed by atoms with Gasteiger partial charge in [-0.15, -0.1) is 0 Å². The van der Waals surface area contributed by atoms with Gasteiger partial charge >= 0.3 is 0 Å². The molecule has 27 heavy (non-hydrogen) atoms. The van der Waals surface area contributed by atoms with Crippen molar-refractivity contribution >= 4 is 6.08 Å². The molecule has 3 rings (SSSR count). The monoisotopic (exact) mass is 371 g/mol. The summed E-state index contributed by atoms with van der Waals surface area (Å²) in [5, 5.41) is 12.3. The third kappa shape index (κ3) is 4.75. The zero-order chi connectivity index (χ0) is 19.3. The molecule has 1 aromatic carbocycles. The molecular weight excluding hydrogens is 334 g/mol. The van der Waals surface area contributed by atoms with E-state index in [0.29, 0.717) is 11.8 Å². The quantitative estimate of drug-likeness (QED) is 0.727. The minimum atomic E-state index is -0.666. The molecule has 0 bridgehead atoms. The van der Waals surface area contributed by atoms with Crippen LogP contribution < -0.4 is 4.74 Å². The minimum absolute atomic E-state index is 0.322. The van der Waals surface area contributed by atoms with Crippen molar-refractivity contribution in [3.63, 3.8) is 0 Å². The third-order valence-corrected chi connectivity index (χ3v) is 6.66. The van der Waals surface area contributed by atoms with E-state index < -0.39 is 5.60 Å². The molecule has 0 spiro atoms. The second-order valence-corrected chi connectivity index (χ2v) is 8.81. The van der Waals surface area contributed by atoms with Gasteiger partial charge in [-0.3, -0.25) is 0 Å². The maximum absolute atomic E-state index is 12.3. The van der Waals surface area contributed by atoms with Crippen LogP contribution in [0.4, 0.5) is 0 Å². The van der Waals surface area contributed by atoms with E-state index in [0.717, 1.165) is 25.1 Å². The third-order valence-electron chi connectivity index (χ3n) is 6.66. The molecule has 2 aliphatic carbocycles. The molecule has 2 fully saturated rings. The molecule has 2 atom stereocenters. The molecule has 1 N–H and O–H groups in total. The molecular formula is C24H37NO2. The number of aliphatic hydroxyl groups is 1. The van der Waals surface area contributed by atoms with Crippen molar-refractivity contribution in [1.29, 1.82) is 0 Å². The van der Waals surface area contributed by atoms with Crippen molar-refractivity contribution < 1.29 is 9.84 Å². The number of hydrogen-bond donors (Lipinski definition) is 1. The maximum atomic E-state index is 12.3. The van der Waals surface area contributed by atoms with Gasteiger partial charge < -0.3 is 14.7 Å². The number of benzene rings is 1. The highest BCUT2D eigenvalue weighted by molar-refractivity contribution is 5.56. The van der Waals surface area contributed by atoms with Crippen LogP contribution >= 0.6 is 0 Å². The molecule has 3 nitrogen and oxygen atoms in total. The van der Waals surface area contributed by atoms with Crippen molar-refractivity contribution in [3.8, 4) is 5.75 Å². The van der Waals surface area contributed by atoms with Gasteiger partial charge in [0.15, 0.2) is 0 Å². The molecule has 2 saturated carbocycles. The Morgan fingerprint density at radius 3 is 2.33 bits per heavy atom. The normalized spacial score (nSPS) is 29.1. The van der Waals surface area contributed by atoms with E-state index in [1.807, 2.05) is 12.1 Å². The first-order valence-corrected chi connectivity index (χ1v) is 10.8.